The monoisotopic (exact) mass is 383 g/mol. The molecule has 0 saturated heterocycles. The van der Waals surface area contributed by atoms with Crippen LogP contribution in [0, 0.1) is 0 Å². The highest BCUT2D eigenvalue weighted by Gasteiger charge is 2.31. The molecule has 1 aromatic heterocycles. The van der Waals surface area contributed by atoms with E-state index in [1.54, 1.807) is 6.92 Å². The van der Waals surface area contributed by atoms with Crippen LogP contribution in [0.25, 0.3) is 0 Å². The SMILES string of the molecule is CCSc1nc2c(nc1OC(O)(CC)NC(C)C)OC(=O)/C=C/C(=O)O2. The number of nitrogens with one attached hydrogen (secondary N) is 1. The highest BCUT2D eigenvalue weighted by Crippen LogP contribution is 2.35. The summed E-state index contributed by atoms with van der Waals surface area (Å²) in [6.07, 6.45) is 2.08. The Morgan fingerprint density at radius 2 is 1.77 bits per heavy atom. The first-order valence-electron chi connectivity index (χ1n) is 8.12. The van der Waals surface area contributed by atoms with E-state index in [1.165, 1.54) is 11.8 Å². The van der Waals surface area contributed by atoms with Gasteiger partial charge in [0.2, 0.25) is 0 Å². The van der Waals surface area contributed by atoms with Crippen LogP contribution in [0.15, 0.2) is 17.2 Å². The summed E-state index contributed by atoms with van der Waals surface area (Å²) in [5.41, 5.74) is 0. The number of ether oxygens (including phenoxy) is 3. The van der Waals surface area contributed by atoms with Crippen LogP contribution >= 0.6 is 11.8 Å². The minimum absolute atomic E-state index is 0.0403. The van der Waals surface area contributed by atoms with Crippen molar-refractivity contribution in [2.24, 2.45) is 0 Å². The number of esters is 2. The lowest BCUT2D eigenvalue weighted by atomic mass is 10.3. The Balaban J connectivity index is 2.45. The molecular weight excluding hydrogens is 362 g/mol. The molecule has 0 fully saturated rings. The van der Waals surface area contributed by atoms with E-state index in [1.807, 2.05) is 20.8 Å². The molecule has 0 aliphatic carbocycles. The van der Waals surface area contributed by atoms with Crippen LogP contribution in [0.3, 0.4) is 0 Å². The van der Waals surface area contributed by atoms with Crippen LogP contribution < -0.4 is 19.5 Å². The lowest BCUT2D eigenvalue weighted by Gasteiger charge is -2.30. The molecule has 0 amide bonds. The van der Waals surface area contributed by atoms with Gasteiger partial charge in [-0.3, -0.25) is 5.32 Å². The molecule has 0 spiro atoms. The zero-order valence-corrected chi connectivity index (χ0v) is 15.8. The van der Waals surface area contributed by atoms with Gasteiger partial charge < -0.3 is 19.3 Å². The van der Waals surface area contributed by atoms with E-state index in [0.29, 0.717) is 5.75 Å². The van der Waals surface area contributed by atoms with E-state index in [0.717, 1.165) is 12.2 Å². The van der Waals surface area contributed by atoms with Crippen molar-refractivity contribution < 1.29 is 28.9 Å². The number of nitrogens with zero attached hydrogens (tertiary/aromatic N) is 2. The molecule has 142 valence electrons. The van der Waals surface area contributed by atoms with Gasteiger partial charge in [-0.05, 0) is 19.6 Å². The van der Waals surface area contributed by atoms with Crippen LogP contribution in [-0.4, -0.2) is 44.7 Å². The van der Waals surface area contributed by atoms with Crippen LogP contribution in [-0.2, 0) is 9.59 Å². The number of thioether (sulfide) groups is 1. The molecule has 26 heavy (non-hydrogen) atoms. The van der Waals surface area contributed by atoms with Crippen LogP contribution in [0.5, 0.6) is 17.6 Å². The van der Waals surface area contributed by atoms with Crippen molar-refractivity contribution in [2.75, 3.05) is 5.75 Å². The minimum Gasteiger partial charge on any atom is -0.429 e. The summed E-state index contributed by atoms with van der Waals surface area (Å²) < 4.78 is 15.7. The van der Waals surface area contributed by atoms with Crippen molar-refractivity contribution in [1.82, 2.24) is 15.3 Å². The summed E-state index contributed by atoms with van der Waals surface area (Å²) in [4.78, 5) is 31.6. The predicted octanol–water partition coefficient (Wildman–Crippen LogP) is 1.40. The van der Waals surface area contributed by atoms with E-state index in [2.05, 4.69) is 15.3 Å². The van der Waals surface area contributed by atoms with E-state index in [-0.39, 0.29) is 35.1 Å². The van der Waals surface area contributed by atoms with Gasteiger partial charge in [-0.25, -0.2) is 9.59 Å². The van der Waals surface area contributed by atoms with Gasteiger partial charge in [0.1, 0.15) is 0 Å². The van der Waals surface area contributed by atoms with E-state index < -0.39 is 17.8 Å². The molecule has 9 nitrogen and oxygen atoms in total. The Hall–Kier alpha value is -2.17. The molecule has 2 heterocycles. The summed E-state index contributed by atoms with van der Waals surface area (Å²) in [5.74, 6) is -3.24. The lowest BCUT2D eigenvalue weighted by molar-refractivity contribution is -0.173. The Kier molecular flexibility index (Phi) is 6.57. The second-order valence-corrected chi connectivity index (χ2v) is 6.84. The van der Waals surface area contributed by atoms with Crippen molar-refractivity contribution in [2.45, 2.75) is 51.1 Å². The first-order valence-corrected chi connectivity index (χ1v) is 9.10. The van der Waals surface area contributed by atoms with E-state index in [4.69, 9.17) is 14.2 Å². The Bertz CT molecular complexity index is 724. The fourth-order valence-corrected chi connectivity index (χ4v) is 2.65. The zero-order valence-electron chi connectivity index (χ0n) is 14.9. The number of hydrogen-bond acceptors (Lipinski definition) is 10. The molecule has 1 aliphatic heterocycles. The second-order valence-electron chi connectivity index (χ2n) is 5.59. The maximum absolute atomic E-state index is 11.7. The third kappa shape index (κ3) is 5.16. The van der Waals surface area contributed by atoms with Crippen molar-refractivity contribution in [1.29, 1.82) is 0 Å². The fourth-order valence-electron chi connectivity index (χ4n) is 2.02. The second kappa shape index (κ2) is 8.47. The molecular formula is C16H21N3O6S. The standard InChI is InChI=1S/C16H21N3O6S/c1-5-16(22,19-9(3)4)25-14-15(26-6-2)18-13-12(17-14)23-10(20)7-8-11(21)24-13/h7-9,19,22H,5-6H2,1-4H3/b8-7+. The molecule has 1 unspecified atom stereocenters. The molecule has 0 aromatic carbocycles. The lowest BCUT2D eigenvalue weighted by Crippen LogP contribution is -2.53. The van der Waals surface area contributed by atoms with Gasteiger partial charge in [-0.2, -0.15) is 9.97 Å². The maximum Gasteiger partial charge on any atom is 0.337 e. The smallest absolute Gasteiger partial charge is 0.337 e. The molecule has 1 aliphatic rings. The van der Waals surface area contributed by atoms with Gasteiger partial charge in [0.25, 0.3) is 23.6 Å². The van der Waals surface area contributed by atoms with Crippen LogP contribution in [0.2, 0.25) is 0 Å². The Morgan fingerprint density at radius 1 is 1.19 bits per heavy atom. The minimum atomic E-state index is -1.69. The highest BCUT2D eigenvalue weighted by molar-refractivity contribution is 7.99. The molecule has 2 rings (SSSR count). The first kappa shape index (κ1) is 20.1. The summed E-state index contributed by atoms with van der Waals surface area (Å²) in [6, 6.07) is -0.0663. The zero-order chi connectivity index (χ0) is 19.3. The number of carbonyl (C=O) groups is 2. The van der Waals surface area contributed by atoms with Gasteiger partial charge in [0.05, 0.1) is 0 Å². The Morgan fingerprint density at radius 3 is 2.27 bits per heavy atom. The number of aliphatic hydroxyl groups is 1. The largest absolute Gasteiger partial charge is 0.429 e. The highest BCUT2D eigenvalue weighted by atomic mass is 32.2. The van der Waals surface area contributed by atoms with Crippen molar-refractivity contribution in [3.63, 3.8) is 0 Å². The summed E-state index contributed by atoms with van der Waals surface area (Å²) in [5, 5.41) is 13.8. The Labute approximate surface area is 155 Å². The number of fused-ring (bicyclic) bond motifs is 1. The van der Waals surface area contributed by atoms with Crippen molar-refractivity contribution in [3.05, 3.63) is 12.2 Å². The molecule has 1 atom stereocenters. The maximum atomic E-state index is 11.7. The molecule has 0 saturated carbocycles. The quantitative estimate of drug-likeness (QED) is 0.406. The van der Waals surface area contributed by atoms with Crippen LogP contribution in [0.1, 0.15) is 34.1 Å². The predicted molar refractivity (Wildman–Crippen MR) is 93.0 cm³/mol. The first-order chi connectivity index (χ1) is 12.3. The number of aromatic nitrogens is 2. The summed E-state index contributed by atoms with van der Waals surface area (Å²) >= 11 is 1.27. The van der Waals surface area contributed by atoms with Crippen molar-refractivity contribution >= 4 is 23.7 Å². The fraction of sp³-hybridized carbons (Fsp3) is 0.500. The van der Waals surface area contributed by atoms with Gasteiger partial charge in [0.15, 0.2) is 5.03 Å². The van der Waals surface area contributed by atoms with Crippen LogP contribution in [0.4, 0.5) is 0 Å². The summed E-state index contributed by atoms with van der Waals surface area (Å²) in [7, 11) is 0. The van der Waals surface area contributed by atoms with Crippen molar-refractivity contribution in [3.8, 4) is 17.6 Å². The molecule has 10 heteroatoms. The molecule has 0 bridgehead atoms. The van der Waals surface area contributed by atoms with Gasteiger partial charge >= 0.3 is 11.9 Å². The average molecular weight is 383 g/mol. The summed E-state index contributed by atoms with van der Waals surface area (Å²) in [6.45, 7) is 7.33. The number of carbonyl (C=O) groups excluding carboxylic acids is 2. The number of rotatable bonds is 7. The molecule has 2 N–H and O–H groups in total. The molecule has 0 radical (unpaired) electrons. The van der Waals surface area contributed by atoms with E-state index >= 15 is 0 Å². The molecule has 1 aromatic rings. The van der Waals surface area contributed by atoms with Gasteiger partial charge in [0, 0.05) is 24.6 Å². The van der Waals surface area contributed by atoms with Gasteiger partial charge in [-0.1, -0.05) is 13.8 Å². The third-order valence-corrected chi connectivity index (χ3v) is 3.89. The topological polar surface area (TPSA) is 120 Å². The average Bonchev–Trinajstić information content (AvgIpc) is 2.55. The van der Waals surface area contributed by atoms with Gasteiger partial charge in [-0.15, -0.1) is 11.8 Å². The van der Waals surface area contributed by atoms with E-state index in [9.17, 15) is 14.7 Å². The normalized spacial score (nSPS) is 17.5. The third-order valence-electron chi connectivity index (χ3n) is 3.06. The number of hydrogen-bond donors (Lipinski definition) is 2.